The average molecular weight is 330 g/mol. The van der Waals surface area contributed by atoms with E-state index in [0.717, 1.165) is 42.4 Å². The Bertz CT molecular complexity index is 740. The molecule has 0 aliphatic carbocycles. The summed E-state index contributed by atoms with van der Waals surface area (Å²) in [5.41, 5.74) is 8.50. The summed E-state index contributed by atoms with van der Waals surface area (Å²) in [5.74, 6) is 0.867. The quantitative estimate of drug-likeness (QED) is 0.935. The Balaban J connectivity index is 1.84. The number of carbonyl (C=O) groups is 1. The van der Waals surface area contributed by atoms with E-state index in [-0.39, 0.29) is 5.91 Å². The third-order valence-corrected chi connectivity index (χ3v) is 4.96. The highest BCUT2D eigenvalue weighted by Crippen LogP contribution is 2.36. The van der Waals surface area contributed by atoms with Crippen LogP contribution < -0.4 is 5.43 Å². The summed E-state index contributed by atoms with van der Waals surface area (Å²) in [6, 6.07) is 2.52. The van der Waals surface area contributed by atoms with Crippen molar-refractivity contribution in [2.45, 2.75) is 60.0 Å². The van der Waals surface area contributed by atoms with Crippen LogP contribution in [0.15, 0.2) is 10.6 Å². The van der Waals surface area contributed by atoms with E-state index in [2.05, 4.69) is 28.5 Å². The molecule has 130 valence electrons. The van der Waals surface area contributed by atoms with Crippen LogP contribution in [0.1, 0.15) is 59.8 Å². The summed E-state index contributed by atoms with van der Waals surface area (Å²) in [4.78, 5) is 13.9. The van der Waals surface area contributed by atoms with Gasteiger partial charge in [0.2, 0.25) is 5.91 Å². The van der Waals surface area contributed by atoms with Gasteiger partial charge in [0.15, 0.2) is 0 Å². The molecule has 0 aromatic carbocycles. The Kier molecular flexibility index (Phi) is 4.49. The van der Waals surface area contributed by atoms with Gasteiger partial charge in [0.25, 0.3) is 0 Å². The second kappa shape index (κ2) is 6.43. The smallest absolute Gasteiger partial charge is 0.235 e. The van der Waals surface area contributed by atoms with E-state index in [4.69, 9.17) is 4.52 Å². The lowest BCUT2D eigenvalue weighted by atomic mass is 10.0. The molecule has 1 atom stereocenters. The van der Waals surface area contributed by atoms with E-state index in [1.54, 1.807) is 0 Å². The van der Waals surface area contributed by atoms with Crippen molar-refractivity contribution in [2.24, 2.45) is 0 Å². The van der Waals surface area contributed by atoms with Crippen LogP contribution in [0.3, 0.4) is 0 Å². The maximum Gasteiger partial charge on any atom is 0.235 e. The van der Waals surface area contributed by atoms with Crippen molar-refractivity contribution in [1.29, 1.82) is 0 Å². The fourth-order valence-electron chi connectivity index (χ4n) is 3.85. The number of rotatable bonds is 4. The van der Waals surface area contributed by atoms with Crippen molar-refractivity contribution < 1.29 is 9.32 Å². The van der Waals surface area contributed by atoms with Crippen molar-refractivity contribution in [3.05, 3.63) is 40.0 Å². The highest BCUT2D eigenvalue weighted by atomic mass is 16.5. The average Bonchev–Trinajstić information content (AvgIpc) is 3.15. The third kappa shape index (κ3) is 2.98. The zero-order valence-corrected chi connectivity index (χ0v) is 15.1. The van der Waals surface area contributed by atoms with E-state index in [9.17, 15) is 4.79 Å². The van der Waals surface area contributed by atoms with E-state index in [1.807, 2.05) is 25.4 Å². The topological polar surface area (TPSA) is 63.3 Å². The normalized spacial score (nSPS) is 18.3. The minimum atomic E-state index is -0.0573. The molecule has 0 spiro atoms. The van der Waals surface area contributed by atoms with Crippen LogP contribution in [0.4, 0.5) is 0 Å². The molecule has 0 saturated carbocycles. The standard InChI is InChI=1S/C18H26N4O2/c1-11-9-16(13(3)22(11)19-15(5)23)10-21-8-6-7-17(21)18-12(2)20-24-14(18)4/h9,17H,6-8,10H2,1-5H3,(H,19,23)/t17-/m0/s1. The van der Waals surface area contributed by atoms with Crippen LogP contribution in [0.25, 0.3) is 0 Å². The van der Waals surface area contributed by atoms with Crippen molar-refractivity contribution in [1.82, 2.24) is 14.7 Å². The lowest BCUT2D eigenvalue weighted by molar-refractivity contribution is -0.115. The van der Waals surface area contributed by atoms with Crippen molar-refractivity contribution in [3.8, 4) is 0 Å². The van der Waals surface area contributed by atoms with Crippen LogP contribution in [0.2, 0.25) is 0 Å². The monoisotopic (exact) mass is 330 g/mol. The van der Waals surface area contributed by atoms with Gasteiger partial charge in [-0.15, -0.1) is 0 Å². The number of nitrogens with one attached hydrogen (secondary N) is 1. The minimum Gasteiger partial charge on any atom is -0.361 e. The summed E-state index contributed by atoms with van der Waals surface area (Å²) in [6.07, 6.45) is 2.31. The number of likely N-dealkylation sites (tertiary alicyclic amines) is 1. The number of aromatic nitrogens is 2. The van der Waals surface area contributed by atoms with Gasteiger partial charge in [-0.1, -0.05) is 5.16 Å². The molecule has 0 unspecified atom stereocenters. The Hall–Kier alpha value is -2.08. The van der Waals surface area contributed by atoms with Crippen molar-refractivity contribution in [3.63, 3.8) is 0 Å². The van der Waals surface area contributed by atoms with Gasteiger partial charge >= 0.3 is 0 Å². The molecule has 0 bridgehead atoms. The molecule has 1 aliphatic rings. The fraction of sp³-hybridized carbons (Fsp3) is 0.556. The highest BCUT2D eigenvalue weighted by molar-refractivity contribution is 5.81. The maximum atomic E-state index is 11.4. The van der Waals surface area contributed by atoms with Gasteiger partial charge in [-0.05, 0) is 58.7 Å². The number of amides is 1. The molecule has 0 radical (unpaired) electrons. The molecule has 1 amide bonds. The number of hydrogen-bond acceptors (Lipinski definition) is 4. The molecule has 1 N–H and O–H groups in total. The predicted molar refractivity (Wildman–Crippen MR) is 92.3 cm³/mol. The number of carbonyl (C=O) groups excluding carboxylic acids is 1. The lowest BCUT2D eigenvalue weighted by Gasteiger charge is -2.24. The number of nitrogens with zero attached hydrogens (tertiary/aromatic N) is 3. The van der Waals surface area contributed by atoms with Gasteiger partial charge in [-0.2, -0.15) is 0 Å². The van der Waals surface area contributed by atoms with Crippen LogP contribution in [-0.4, -0.2) is 27.2 Å². The van der Waals surface area contributed by atoms with E-state index >= 15 is 0 Å². The number of aryl methyl sites for hydroxylation is 3. The summed E-state index contributed by atoms with van der Waals surface area (Å²) in [7, 11) is 0. The second-order valence-electron chi connectivity index (χ2n) is 6.77. The lowest BCUT2D eigenvalue weighted by Crippen LogP contribution is -2.25. The summed E-state index contributed by atoms with van der Waals surface area (Å²) >= 11 is 0. The molecule has 2 aromatic heterocycles. The predicted octanol–water partition coefficient (Wildman–Crippen LogP) is 3.14. The largest absolute Gasteiger partial charge is 0.361 e. The third-order valence-electron chi connectivity index (χ3n) is 4.96. The Labute approximate surface area is 142 Å². The molecule has 3 heterocycles. The SMILES string of the molecule is CC(=O)Nn1c(C)cc(CN2CCC[C@H]2c2c(C)noc2C)c1C. The van der Waals surface area contributed by atoms with Gasteiger partial charge in [0.05, 0.1) is 5.69 Å². The van der Waals surface area contributed by atoms with Gasteiger partial charge in [0, 0.05) is 36.5 Å². The van der Waals surface area contributed by atoms with Crippen LogP contribution in [0, 0.1) is 27.7 Å². The van der Waals surface area contributed by atoms with Crippen molar-refractivity contribution in [2.75, 3.05) is 12.0 Å². The summed E-state index contributed by atoms with van der Waals surface area (Å²) < 4.78 is 7.24. The van der Waals surface area contributed by atoms with Crippen LogP contribution in [-0.2, 0) is 11.3 Å². The first-order chi connectivity index (χ1) is 11.4. The second-order valence-corrected chi connectivity index (χ2v) is 6.77. The molecule has 3 rings (SSSR count). The molecular formula is C18H26N4O2. The van der Waals surface area contributed by atoms with E-state index in [0.29, 0.717) is 6.04 Å². The van der Waals surface area contributed by atoms with Crippen molar-refractivity contribution >= 4 is 5.91 Å². The van der Waals surface area contributed by atoms with E-state index in [1.165, 1.54) is 24.5 Å². The molecule has 1 saturated heterocycles. The molecule has 6 nitrogen and oxygen atoms in total. The molecule has 1 aliphatic heterocycles. The Morgan fingerprint density at radius 3 is 2.75 bits per heavy atom. The first kappa shape index (κ1) is 16.8. The van der Waals surface area contributed by atoms with Crippen LogP contribution in [0.5, 0.6) is 0 Å². The first-order valence-electron chi connectivity index (χ1n) is 8.50. The molecule has 1 fully saturated rings. The van der Waals surface area contributed by atoms with Crippen LogP contribution >= 0.6 is 0 Å². The zero-order chi connectivity index (χ0) is 17.4. The van der Waals surface area contributed by atoms with Gasteiger partial charge in [-0.25, -0.2) is 0 Å². The Morgan fingerprint density at radius 1 is 1.38 bits per heavy atom. The van der Waals surface area contributed by atoms with Gasteiger partial charge in [-0.3, -0.25) is 19.8 Å². The van der Waals surface area contributed by atoms with Gasteiger partial charge in [0.1, 0.15) is 5.76 Å². The zero-order valence-electron chi connectivity index (χ0n) is 15.1. The van der Waals surface area contributed by atoms with E-state index < -0.39 is 0 Å². The molecule has 24 heavy (non-hydrogen) atoms. The maximum absolute atomic E-state index is 11.4. The summed E-state index contributed by atoms with van der Waals surface area (Å²) in [6.45, 7) is 11.6. The number of hydrogen-bond donors (Lipinski definition) is 1. The Morgan fingerprint density at radius 2 is 2.12 bits per heavy atom. The molecule has 6 heteroatoms. The molecular weight excluding hydrogens is 304 g/mol. The first-order valence-corrected chi connectivity index (χ1v) is 8.50. The highest BCUT2D eigenvalue weighted by Gasteiger charge is 2.31. The molecule has 2 aromatic rings. The summed E-state index contributed by atoms with van der Waals surface area (Å²) in [5, 5.41) is 4.12. The fourth-order valence-corrected chi connectivity index (χ4v) is 3.85. The van der Waals surface area contributed by atoms with Gasteiger partial charge < -0.3 is 4.52 Å². The minimum absolute atomic E-state index is 0.0573.